The Bertz CT molecular complexity index is 433. The summed E-state index contributed by atoms with van der Waals surface area (Å²) >= 11 is 14.3. The van der Waals surface area contributed by atoms with Crippen molar-refractivity contribution in [3.8, 4) is 0 Å². The standard InChI is InChI=1S/C17H25Cl2NS/c1-2-10-20-17(12-21-14-6-4-3-5-7-14)13-8-9-15(18)16(19)11-13/h8-9,11,14,17,20H,2-7,10,12H2,1H3. The van der Waals surface area contributed by atoms with Gasteiger partial charge in [0.05, 0.1) is 10.0 Å². The Morgan fingerprint density at radius 3 is 2.62 bits per heavy atom. The smallest absolute Gasteiger partial charge is 0.0595 e. The monoisotopic (exact) mass is 345 g/mol. The van der Waals surface area contributed by atoms with Gasteiger partial charge < -0.3 is 5.32 Å². The van der Waals surface area contributed by atoms with Crippen molar-refractivity contribution in [2.45, 2.75) is 56.7 Å². The summed E-state index contributed by atoms with van der Waals surface area (Å²) in [5.41, 5.74) is 1.25. The molecule has 0 aliphatic heterocycles. The van der Waals surface area contributed by atoms with Crippen LogP contribution in [0.1, 0.15) is 57.1 Å². The first-order chi connectivity index (χ1) is 10.2. The zero-order chi connectivity index (χ0) is 15.1. The molecule has 118 valence electrons. The quantitative estimate of drug-likeness (QED) is 0.640. The number of nitrogens with one attached hydrogen (secondary N) is 1. The molecule has 0 spiro atoms. The van der Waals surface area contributed by atoms with Crippen LogP contribution in [0.25, 0.3) is 0 Å². The molecule has 1 aromatic carbocycles. The van der Waals surface area contributed by atoms with E-state index in [-0.39, 0.29) is 0 Å². The Morgan fingerprint density at radius 2 is 1.95 bits per heavy atom. The highest BCUT2D eigenvalue weighted by atomic mass is 35.5. The van der Waals surface area contributed by atoms with Gasteiger partial charge in [-0.15, -0.1) is 0 Å². The van der Waals surface area contributed by atoms with Gasteiger partial charge in [-0.25, -0.2) is 0 Å². The number of hydrogen-bond acceptors (Lipinski definition) is 2. The fourth-order valence-electron chi connectivity index (χ4n) is 2.78. The van der Waals surface area contributed by atoms with Crippen molar-refractivity contribution in [3.63, 3.8) is 0 Å². The van der Waals surface area contributed by atoms with Gasteiger partial charge in [-0.3, -0.25) is 0 Å². The van der Waals surface area contributed by atoms with Crippen LogP contribution in [0.5, 0.6) is 0 Å². The first-order valence-corrected chi connectivity index (χ1v) is 9.81. The van der Waals surface area contributed by atoms with E-state index >= 15 is 0 Å². The number of thioether (sulfide) groups is 1. The Morgan fingerprint density at radius 1 is 1.19 bits per heavy atom. The highest BCUT2D eigenvalue weighted by Gasteiger charge is 2.18. The van der Waals surface area contributed by atoms with Crippen molar-refractivity contribution >= 4 is 35.0 Å². The molecule has 21 heavy (non-hydrogen) atoms. The minimum atomic E-state index is 0.367. The molecule has 1 unspecified atom stereocenters. The second-order valence-corrected chi connectivity index (χ2v) is 7.92. The zero-order valence-electron chi connectivity index (χ0n) is 12.7. The van der Waals surface area contributed by atoms with Crippen LogP contribution in [-0.4, -0.2) is 17.5 Å². The topological polar surface area (TPSA) is 12.0 Å². The summed E-state index contributed by atoms with van der Waals surface area (Å²) in [6.45, 7) is 3.24. The van der Waals surface area contributed by atoms with Gasteiger partial charge in [-0.2, -0.15) is 11.8 Å². The summed E-state index contributed by atoms with van der Waals surface area (Å²) in [5.74, 6) is 1.11. The molecule has 0 aromatic heterocycles. The molecule has 0 bridgehead atoms. The predicted octanol–water partition coefficient (Wildman–Crippen LogP) is 6.10. The van der Waals surface area contributed by atoms with Gasteiger partial charge in [0, 0.05) is 17.0 Å². The molecule has 0 amide bonds. The Labute approximate surface area is 143 Å². The van der Waals surface area contributed by atoms with E-state index in [1.165, 1.54) is 37.7 Å². The predicted molar refractivity (Wildman–Crippen MR) is 96.8 cm³/mol. The van der Waals surface area contributed by atoms with Crippen molar-refractivity contribution < 1.29 is 0 Å². The van der Waals surface area contributed by atoms with E-state index in [1.54, 1.807) is 0 Å². The molecular formula is C17H25Cl2NS. The van der Waals surface area contributed by atoms with Gasteiger partial charge >= 0.3 is 0 Å². The molecule has 0 heterocycles. The minimum Gasteiger partial charge on any atom is -0.309 e. The zero-order valence-corrected chi connectivity index (χ0v) is 15.0. The van der Waals surface area contributed by atoms with Gasteiger partial charge in [0.1, 0.15) is 0 Å². The van der Waals surface area contributed by atoms with Gasteiger partial charge in [0.15, 0.2) is 0 Å². The maximum atomic E-state index is 6.17. The Hall–Kier alpha value is 0.110. The molecule has 1 saturated carbocycles. The molecule has 0 saturated heterocycles. The van der Waals surface area contributed by atoms with Crippen LogP contribution >= 0.6 is 35.0 Å². The molecule has 1 atom stereocenters. The van der Waals surface area contributed by atoms with Gasteiger partial charge in [0.25, 0.3) is 0 Å². The van der Waals surface area contributed by atoms with E-state index < -0.39 is 0 Å². The first-order valence-electron chi connectivity index (χ1n) is 8.00. The highest BCUT2D eigenvalue weighted by Crippen LogP contribution is 2.32. The van der Waals surface area contributed by atoms with Gasteiger partial charge in [-0.05, 0) is 43.5 Å². The normalized spacial score (nSPS) is 17.9. The van der Waals surface area contributed by atoms with E-state index in [0.717, 1.165) is 24.0 Å². The van der Waals surface area contributed by atoms with Crippen molar-refractivity contribution in [1.82, 2.24) is 5.32 Å². The molecule has 0 radical (unpaired) electrons. The SMILES string of the molecule is CCCNC(CSC1CCCCC1)c1ccc(Cl)c(Cl)c1. The number of rotatable bonds is 7. The third-order valence-electron chi connectivity index (χ3n) is 4.04. The lowest BCUT2D eigenvalue weighted by Crippen LogP contribution is -2.25. The Balaban J connectivity index is 1.97. The average Bonchev–Trinajstić information content (AvgIpc) is 2.51. The summed E-state index contributed by atoms with van der Waals surface area (Å²) in [6, 6.07) is 6.39. The van der Waals surface area contributed by atoms with Crippen LogP contribution in [0.2, 0.25) is 10.0 Å². The molecular weight excluding hydrogens is 321 g/mol. The molecule has 1 aliphatic rings. The van der Waals surface area contributed by atoms with Gasteiger partial charge in [-0.1, -0.05) is 55.5 Å². The van der Waals surface area contributed by atoms with E-state index in [2.05, 4.69) is 30.1 Å². The van der Waals surface area contributed by atoms with Crippen molar-refractivity contribution in [1.29, 1.82) is 0 Å². The number of hydrogen-bond donors (Lipinski definition) is 1. The maximum Gasteiger partial charge on any atom is 0.0595 e. The molecule has 1 N–H and O–H groups in total. The van der Waals surface area contributed by atoms with E-state index in [9.17, 15) is 0 Å². The second kappa shape index (κ2) is 9.29. The molecule has 1 aromatic rings. The maximum absolute atomic E-state index is 6.17. The van der Waals surface area contributed by atoms with E-state index in [1.807, 2.05) is 12.1 Å². The van der Waals surface area contributed by atoms with Crippen LogP contribution in [0.15, 0.2) is 18.2 Å². The van der Waals surface area contributed by atoms with Crippen molar-refractivity contribution in [2.24, 2.45) is 0 Å². The van der Waals surface area contributed by atoms with Crippen LogP contribution in [-0.2, 0) is 0 Å². The van der Waals surface area contributed by atoms with Crippen LogP contribution < -0.4 is 5.32 Å². The largest absolute Gasteiger partial charge is 0.309 e. The average molecular weight is 346 g/mol. The summed E-state index contributed by atoms with van der Waals surface area (Å²) in [4.78, 5) is 0. The molecule has 1 aliphatic carbocycles. The van der Waals surface area contributed by atoms with Crippen LogP contribution in [0.3, 0.4) is 0 Å². The third-order valence-corrected chi connectivity index (χ3v) is 6.25. The van der Waals surface area contributed by atoms with Crippen LogP contribution in [0.4, 0.5) is 0 Å². The summed E-state index contributed by atoms with van der Waals surface area (Å²) in [5, 5.41) is 5.78. The minimum absolute atomic E-state index is 0.367. The lowest BCUT2D eigenvalue weighted by Gasteiger charge is -2.25. The summed E-state index contributed by atoms with van der Waals surface area (Å²) in [6.07, 6.45) is 8.13. The van der Waals surface area contributed by atoms with E-state index in [4.69, 9.17) is 23.2 Å². The summed E-state index contributed by atoms with van der Waals surface area (Å²) < 4.78 is 0. The first kappa shape index (κ1) is 17.5. The molecule has 2 rings (SSSR count). The summed E-state index contributed by atoms with van der Waals surface area (Å²) in [7, 11) is 0. The van der Waals surface area contributed by atoms with Crippen molar-refractivity contribution in [3.05, 3.63) is 33.8 Å². The van der Waals surface area contributed by atoms with E-state index in [0.29, 0.717) is 16.1 Å². The van der Waals surface area contributed by atoms with Crippen LogP contribution in [0, 0.1) is 0 Å². The highest BCUT2D eigenvalue weighted by molar-refractivity contribution is 7.99. The fourth-order valence-corrected chi connectivity index (χ4v) is 4.53. The number of halogens is 2. The lowest BCUT2D eigenvalue weighted by molar-refractivity contribution is 0.513. The van der Waals surface area contributed by atoms with Gasteiger partial charge in [0.2, 0.25) is 0 Å². The third kappa shape index (κ3) is 5.67. The molecule has 1 fully saturated rings. The lowest BCUT2D eigenvalue weighted by atomic mass is 10.0. The second-order valence-electron chi connectivity index (χ2n) is 5.77. The molecule has 1 nitrogen and oxygen atoms in total. The number of benzene rings is 1. The fraction of sp³-hybridized carbons (Fsp3) is 0.647. The van der Waals surface area contributed by atoms with Crippen molar-refractivity contribution in [2.75, 3.05) is 12.3 Å². The Kier molecular flexibility index (Phi) is 7.73. The molecule has 4 heteroatoms.